The molecule has 3 aliphatic heterocycles. The number of β-lactam (4-membered cyclic amide) rings is 1. The van der Waals surface area contributed by atoms with Gasteiger partial charge in [-0.15, -0.1) is 0 Å². The quantitative estimate of drug-likeness (QED) is 0.0281. The summed E-state index contributed by atoms with van der Waals surface area (Å²) in [6.07, 6.45) is -1.12. The van der Waals surface area contributed by atoms with Crippen molar-refractivity contribution in [2.24, 2.45) is 11.8 Å². The molecule has 4 aromatic rings. The van der Waals surface area contributed by atoms with Crippen LogP contribution < -0.4 is 14.4 Å². The smallest absolute Gasteiger partial charge is 0.419 e. The SMILES string of the molecule is CC(=O)Oc1ccc2c(c1)Oc1cc(C)ccc1N2C(=O)OCc1ccc(C2C(C(=O)OC(=O)c3ccc([N+](=O)[O-])cc3)N3C(=O)[C@H]([C@@H](C)O[Si](C)(C)C(C)(C)C)[C@H]3[C@H]2C)cc1. The lowest BCUT2D eigenvalue weighted by Gasteiger charge is -2.50. The highest BCUT2D eigenvalue weighted by molar-refractivity contribution is 6.74. The van der Waals surface area contributed by atoms with E-state index in [9.17, 15) is 34.1 Å². The van der Waals surface area contributed by atoms with E-state index < -0.39 is 67.3 Å². The van der Waals surface area contributed by atoms with Gasteiger partial charge in [0.25, 0.3) is 5.69 Å². The van der Waals surface area contributed by atoms with Gasteiger partial charge in [-0.05, 0) is 91.0 Å². The van der Waals surface area contributed by atoms with Gasteiger partial charge < -0.3 is 28.3 Å². The monoisotopic (exact) mass is 863 g/mol. The van der Waals surface area contributed by atoms with Gasteiger partial charge in [-0.1, -0.05) is 58.0 Å². The number of hydrogen-bond acceptors (Lipinski definition) is 12. The summed E-state index contributed by atoms with van der Waals surface area (Å²) < 4.78 is 29.3. The Morgan fingerprint density at radius 3 is 2.16 bits per heavy atom. The molecule has 6 atom stereocenters. The summed E-state index contributed by atoms with van der Waals surface area (Å²) in [4.78, 5) is 80.4. The molecule has 2 saturated heterocycles. The molecule has 4 aromatic carbocycles. The zero-order valence-electron chi connectivity index (χ0n) is 36.0. The molecule has 0 bridgehead atoms. The predicted molar refractivity (Wildman–Crippen MR) is 229 cm³/mol. The van der Waals surface area contributed by atoms with Crippen LogP contribution in [0.15, 0.2) is 84.9 Å². The van der Waals surface area contributed by atoms with Crippen molar-refractivity contribution in [2.45, 2.75) is 97.3 Å². The number of nitro benzene ring substituents is 1. The molecule has 0 radical (unpaired) electrons. The topological polar surface area (TPSA) is 181 Å². The summed E-state index contributed by atoms with van der Waals surface area (Å²) in [5, 5.41) is 11.1. The largest absolute Gasteiger partial charge is 0.453 e. The zero-order chi connectivity index (χ0) is 45.0. The maximum absolute atomic E-state index is 14.1. The second-order valence-electron chi connectivity index (χ2n) is 17.6. The van der Waals surface area contributed by atoms with Crippen LogP contribution in [0.25, 0.3) is 0 Å². The van der Waals surface area contributed by atoms with Crippen molar-refractivity contribution in [1.82, 2.24) is 4.90 Å². The fourth-order valence-corrected chi connectivity index (χ4v) is 9.80. The average molecular weight is 864 g/mol. The standard InChI is InChI=1S/C46H49N3O12Si/c1-25-10-20-34-36(22-25)59-37-23-33(58-28(4)50)19-21-35(37)47(34)45(54)57-24-29-11-13-30(14-12-29)38-26(2)40-39(27(3)61-62(8,9)46(5,6)7)42(51)48(40)41(38)44(53)60-43(52)31-15-17-32(18-16-31)49(55)56/h10-23,26-27,38-41H,24H2,1-9H3/t26-,27+,38?,39+,40+,41?/m0/s1. The molecular weight excluding hydrogens is 815 g/mol. The molecule has 0 saturated carbocycles. The third-order valence-corrected chi connectivity index (χ3v) is 17.0. The molecule has 7 rings (SSSR count). The van der Waals surface area contributed by atoms with Crippen LogP contribution in [-0.2, 0) is 34.9 Å². The zero-order valence-corrected chi connectivity index (χ0v) is 37.0. The van der Waals surface area contributed by atoms with Crippen LogP contribution in [0.3, 0.4) is 0 Å². The van der Waals surface area contributed by atoms with Gasteiger partial charge in [-0.2, -0.15) is 0 Å². The van der Waals surface area contributed by atoms with Gasteiger partial charge in [0.15, 0.2) is 19.8 Å². The van der Waals surface area contributed by atoms with Crippen LogP contribution >= 0.6 is 0 Å². The third-order valence-electron chi connectivity index (χ3n) is 12.4. The first kappa shape index (κ1) is 43.7. The number of esters is 3. The van der Waals surface area contributed by atoms with Crippen LogP contribution in [0.5, 0.6) is 17.2 Å². The van der Waals surface area contributed by atoms with Crippen molar-refractivity contribution in [3.8, 4) is 17.2 Å². The Labute approximate surface area is 360 Å². The Kier molecular flexibility index (Phi) is 11.6. The van der Waals surface area contributed by atoms with Crippen molar-refractivity contribution < 1.29 is 52.3 Å². The molecule has 0 spiro atoms. The molecule has 3 heterocycles. The lowest BCUT2D eigenvalue weighted by Crippen LogP contribution is -2.67. The Balaban J connectivity index is 1.13. The highest BCUT2D eigenvalue weighted by atomic mass is 28.4. The van der Waals surface area contributed by atoms with Crippen molar-refractivity contribution >= 4 is 55.3 Å². The molecule has 15 nitrogen and oxygen atoms in total. The summed E-state index contributed by atoms with van der Waals surface area (Å²) >= 11 is 0. The molecule has 2 fully saturated rings. The Morgan fingerprint density at radius 1 is 0.919 bits per heavy atom. The Morgan fingerprint density at radius 2 is 1.55 bits per heavy atom. The lowest BCUT2D eigenvalue weighted by molar-refractivity contribution is -0.384. The van der Waals surface area contributed by atoms with E-state index in [-0.39, 0.29) is 40.5 Å². The van der Waals surface area contributed by atoms with Gasteiger partial charge in [0.1, 0.15) is 18.4 Å². The van der Waals surface area contributed by atoms with E-state index in [2.05, 4.69) is 33.9 Å². The number of amides is 2. The van der Waals surface area contributed by atoms with Gasteiger partial charge in [0, 0.05) is 37.1 Å². The van der Waals surface area contributed by atoms with Crippen LogP contribution in [0.2, 0.25) is 18.1 Å². The minimum Gasteiger partial charge on any atom is -0.453 e. The normalized spacial score (nSPS) is 20.7. The van der Waals surface area contributed by atoms with E-state index in [1.807, 2.05) is 39.0 Å². The molecule has 16 heteroatoms. The van der Waals surface area contributed by atoms with E-state index in [1.54, 1.807) is 36.4 Å². The minimum absolute atomic E-state index is 0.0582. The van der Waals surface area contributed by atoms with E-state index in [1.165, 1.54) is 34.9 Å². The summed E-state index contributed by atoms with van der Waals surface area (Å²) in [6, 6.07) is 20.4. The predicted octanol–water partition coefficient (Wildman–Crippen LogP) is 9.13. The van der Waals surface area contributed by atoms with Crippen LogP contribution in [0.4, 0.5) is 21.9 Å². The van der Waals surface area contributed by atoms with Gasteiger partial charge in [-0.3, -0.25) is 19.7 Å². The maximum atomic E-state index is 14.1. The van der Waals surface area contributed by atoms with Gasteiger partial charge in [-0.25, -0.2) is 19.3 Å². The number of nitrogens with zero attached hydrogens (tertiary/aromatic N) is 3. The number of carbonyl (C=O) groups is 5. The second kappa shape index (κ2) is 16.5. The van der Waals surface area contributed by atoms with Gasteiger partial charge in [0.05, 0.1) is 33.9 Å². The first-order chi connectivity index (χ1) is 29.2. The van der Waals surface area contributed by atoms with Crippen molar-refractivity contribution in [3.05, 3.63) is 117 Å². The number of hydrogen-bond donors (Lipinski definition) is 0. The molecule has 2 unspecified atom stereocenters. The summed E-state index contributed by atoms with van der Waals surface area (Å²) in [6.45, 7) is 17.5. The molecule has 0 N–H and O–H groups in total. The number of anilines is 2. The molecule has 2 amide bonds. The minimum atomic E-state index is -2.29. The highest BCUT2D eigenvalue weighted by Gasteiger charge is 2.65. The van der Waals surface area contributed by atoms with Crippen molar-refractivity contribution in [3.63, 3.8) is 0 Å². The van der Waals surface area contributed by atoms with Crippen LogP contribution in [0, 0.1) is 28.9 Å². The third kappa shape index (κ3) is 8.19. The van der Waals surface area contributed by atoms with Crippen LogP contribution in [-0.4, -0.2) is 66.2 Å². The lowest BCUT2D eigenvalue weighted by atomic mass is 9.76. The number of non-ortho nitro benzene ring substituents is 1. The second-order valence-corrected chi connectivity index (χ2v) is 22.4. The van der Waals surface area contributed by atoms with Crippen LogP contribution in [0.1, 0.15) is 74.5 Å². The number of fused-ring (bicyclic) bond motifs is 3. The molecule has 0 aliphatic carbocycles. The van der Waals surface area contributed by atoms with E-state index >= 15 is 0 Å². The van der Waals surface area contributed by atoms with E-state index in [0.717, 1.165) is 17.7 Å². The molecule has 3 aliphatic rings. The number of carbonyl (C=O) groups excluding carboxylic acids is 5. The van der Waals surface area contributed by atoms with Crippen molar-refractivity contribution in [1.29, 1.82) is 0 Å². The first-order valence-electron chi connectivity index (χ1n) is 20.3. The van der Waals surface area contributed by atoms with E-state index in [4.69, 9.17) is 23.4 Å². The fraction of sp³-hybridized carbons (Fsp3) is 0.370. The molecular formula is C46H49N3O12Si. The Hall–Kier alpha value is -6.39. The van der Waals surface area contributed by atoms with Gasteiger partial charge >= 0.3 is 24.0 Å². The summed E-state index contributed by atoms with van der Waals surface area (Å²) in [5.41, 5.74) is 2.80. The molecule has 62 heavy (non-hydrogen) atoms. The number of ether oxygens (including phenoxy) is 4. The summed E-state index contributed by atoms with van der Waals surface area (Å²) in [7, 11) is -2.29. The number of rotatable bonds is 10. The average Bonchev–Trinajstić information content (AvgIpc) is 3.46. The molecule has 324 valence electrons. The number of aryl methyl sites for hydroxylation is 1. The molecule has 0 aromatic heterocycles. The highest BCUT2D eigenvalue weighted by Crippen LogP contribution is 2.53. The van der Waals surface area contributed by atoms with E-state index in [0.29, 0.717) is 34.0 Å². The number of nitro groups is 1. The first-order valence-corrected chi connectivity index (χ1v) is 23.2. The fourth-order valence-electron chi connectivity index (χ4n) is 8.37. The Bertz CT molecular complexity index is 2460. The number of benzene rings is 4. The summed E-state index contributed by atoms with van der Waals surface area (Å²) in [5.74, 6) is -3.13. The maximum Gasteiger partial charge on any atom is 0.419 e. The van der Waals surface area contributed by atoms with Gasteiger partial charge in [0.2, 0.25) is 5.91 Å². The van der Waals surface area contributed by atoms with Crippen molar-refractivity contribution in [2.75, 3.05) is 4.90 Å².